The van der Waals surface area contributed by atoms with Crippen LogP contribution in [0, 0.1) is 0 Å². The predicted molar refractivity (Wildman–Crippen MR) is 109 cm³/mol. The van der Waals surface area contributed by atoms with Gasteiger partial charge in [0, 0.05) is 6.08 Å². The van der Waals surface area contributed by atoms with Crippen molar-refractivity contribution in [2.75, 3.05) is 5.48 Å². The zero-order valence-electron chi connectivity index (χ0n) is 15.2. The molecule has 0 bridgehead atoms. The van der Waals surface area contributed by atoms with Gasteiger partial charge in [-0.05, 0) is 48.0 Å². The topological polar surface area (TPSA) is 100 Å². The number of azo groups is 1. The maximum absolute atomic E-state index is 12.0. The largest absolute Gasteiger partial charge is 0.507 e. The summed E-state index contributed by atoms with van der Waals surface area (Å²) in [7, 11) is 0. The highest BCUT2D eigenvalue weighted by Gasteiger charge is 2.08. The summed E-state index contributed by atoms with van der Waals surface area (Å²) in [6.45, 7) is 0. The molecule has 3 rings (SSSR count). The minimum atomic E-state index is -0.649. The molecule has 29 heavy (non-hydrogen) atoms. The van der Waals surface area contributed by atoms with Gasteiger partial charge < -0.3 is 9.94 Å². The van der Waals surface area contributed by atoms with E-state index in [4.69, 9.17) is 4.84 Å². The molecule has 0 saturated carbocycles. The van der Waals surface area contributed by atoms with E-state index in [1.807, 2.05) is 30.3 Å². The van der Waals surface area contributed by atoms with Crippen LogP contribution in [-0.4, -0.2) is 17.0 Å². The second-order valence-corrected chi connectivity index (χ2v) is 5.84. The smallest absolute Gasteiger partial charge is 0.355 e. The molecule has 0 aliphatic carbocycles. The van der Waals surface area contributed by atoms with Gasteiger partial charge in [0.15, 0.2) is 0 Å². The quantitative estimate of drug-likeness (QED) is 0.356. The van der Waals surface area contributed by atoms with E-state index in [-0.39, 0.29) is 11.3 Å². The summed E-state index contributed by atoms with van der Waals surface area (Å²) in [5.74, 6) is -1.35. The van der Waals surface area contributed by atoms with Gasteiger partial charge in [0.05, 0.1) is 16.9 Å². The Morgan fingerprint density at radius 2 is 1.59 bits per heavy atom. The van der Waals surface area contributed by atoms with E-state index in [2.05, 4.69) is 15.7 Å². The fourth-order valence-corrected chi connectivity index (χ4v) is 2.28. The van der Waals surface area contributed by atoms with Gasteiger partial charge in [-0.2, -0.15) is 0 Å². The average molecular weight is 387 g/mol. The van der Waals surface area contributed by atoms with E-state index in [0.717, 1.165) is 5.56 Å². The predicted octanol–water partition coefficient (Wildman–Crippen LogP) is 4.90. The van der Waals surface area contributed by atoms with E-state index >= 15 is 0 Å². The summed E-state index contributed by atoms with van der Waals surface area (Å²) < 4.78 is 0. The van der Waals surface area contributed by atoms with E-state index < -0.39 is 11.9 Å². The number of carbonyl (C=O) groups is 2. The van der Waals surface area contributed by atoms with Gasteiger partial charge in [-0.15, -0.1) is 10.2 Å². The Labute approximate surface area is 166 Å². The van der Waals surface area contributed by atoms with Crippen molar-refractivity contribution in [2.24, 2.45) is 10.2 Å². The monoisotopic (exact) mass is 387 g/mol. The number of nitrogens with one attached hydrogen (secondary N) is 1. The summed E-state index contributed by atoms with van der Waals surface area (Å²) in [4.78, 5) is 28.6. The van der Waals surface area contributed by atoms with Crippen molar-refractivity contribution in [1.29, 1.82) is 0 Å². The van der Waals surface area contributed by atoms with Crippen molar-refractivity contribution in [3.05, 3.63) is 96.1 Å². The maximum Gasteiger partial charge on any atom is 0.355 e. The number of amides is 1. The molecule has 0 heterocycles. The third-order valence-electron chi connectivity index (χ3n) is 3.74. The third-order valence-corrected chi connectivity index (χ3v) is 3.74. The van der Waals surface area contributed by atoms with Crippen molar-refractivity contribution in [2.45, 2.75) is 0 Å². The van der Waals surface area contributed by atoms with Crippen LogP contribution >= 0.6 is 0 Å². The lowest BCUT2D eigenvalue weighted by Gasteiger charge is -2.04. The SMILES string of the molecule is O=C(/C=C/c1ccccc1)ONc1ccc(N=NC(=O)c2ccccc2O)cc1. The Kier molecular flexibility index (Phi) is 6.46. The first-order valence-electron chi connectivity index (χ1n) is 8.66. The van der Waals surface area contributed by atoms with Crippen LogP contribution in [0.3, 0.4) is 0 Å². The number of hydrogen-bond acceptors (Lipinski definition) is 6. The second-order valence-electron chi connectivity index (χ2n) is 5.84. The van der Waals surface area contributed by atoms with Crippen LogP contribution in [0.2, 0.25) is 0 Å². The van der Waals surface area contributed by atoms with Gasteiger partial charge in [0.1, 0.15) is 5.75 Å². The molecule has 0 radical (unpaired) electrons. The molecule has 0 spiro atoms. The van der Waals surface area contributed by atoms with Gasteiger partial charge in [-0.25, -0.2) is 10.3 Å². The van der Waals surface area contributed by atoms with Crippen LogP contribution in [0.4, 0.5) is 11.4 Å². The number of aromatic hydroxyl groups is 1. The van der Waals surface area contributed by atoms with E-state index in [1.165, 1.54) is 18.2 Å². The number of carbonyl (C=O) groups excluding carboxylic acids is 2. The number of anilines is 1. The van der Waals surface area contributed by atoms with Gasteiger partial charge >= 0.3 is 5.97 Å². The molecular formula is C22H17N3O4. The molecule has 0 saturated heterocycles. The third kappa shape index (κ3) is 5.86. The zero-order valence-corrected chi connectivity index (χ0v) is 15.2. The van der Waals surface area contributed by atoms with Crippen LogP contribution in [0.1, 0.15) is 15.9 Å². The summed E-state index contributed by atoms with van der Waals surface area (Å²) in [6.07, 6.45) is 2.96. The number of rotatable bonds is 6. The molecule has 0 aliphatic rings. The number of benzene rings is 3. The van der Waals surface area contributed by atoms with Crippen molar-refractivity contribution < 1.29 is 19.5 Å². The lowest BCUT2D eigenvalue weighted by atomic mass is 10.2. The lowest BCUT2D eigenvalue weighted by Crippen LogP contribution is -2.07. The Bertz CT molecular complexity index is 1050. The number of phenols is 1. The molecule has 7 nitrogen and oxygen atoms in total. The molecule has 3 aromatic rings. The number of phenolic OH excluding ortho intramolecular Hbond substituents is 1. The van der Waals surface area contributed by atoms with E-state index in [1.54, 1.807) is 42.5 Å². The molecule has 2 N–H and O–H groups in total. The maximum atomic E-state index is 12.0. The van der Waals surface area contributed by atoms with E-state index in [0.29, 0.717) is 11.4 Å². The Morgan fingerprint density at radius 3 is 2.31 bits per heavy atom. The molecule has 3 aromatic carbocycles. The highest BCUT2D eigenvalue weighted by molar-refractivity contribution is 5.97. The highest BCUT2D eigenvalue weighted by atomic mass is 16.7. The second kappa shape index (κ2) is 9.61. The van der Waals surface area contributed by atoms with Crippen LogP contribution in [-0.2, 0) is 9.63 Å². The van der Waals surface area contributed by atoms with Gasteiger partial charge in [-0.1, -0.05) is 42.5 Å². The standard InChI is InChI=1S/C22H17N3O4/c26-20-9-5-4-8-19(20)22(28)24-23-17-11-13-18(14-12-17)25-29-21(27)15-10-16-6-2-1-3-7-16/h1-15,25-26H/b15-10+,24-23?. The van der Waals surface area contributed by atoms with Crippen LogP contribution in [0.15, 0.2) is 95.2 Å². The molecule has 0 aliphatic heterocycles. The van der Waals surface area contributed by atoms with Crippen LogP contribution in [0.25, 0.3) is 6.08 Å². The molecule has 0 fully saturated rings. The Balaban J connectivity index is 1.52. The van der Waals surface area contributed by atoms with Crippen molar-refractivity contribution >= 4 is 29.3 Å². The molecule has 0 aromatic heterocycles. The summed E-state index contributed by atoms with van der Waals surface area (Å²) in [5.41, 5.74) is 4.44. The highest BCUT2D eigenvalue weighted by Crippen LogP contribution is 2.20. The first kappa shape index (κ1) is 19.5. The fraction of sp³-hybridized carbons (Fsp3) is 0. The van der Waals surface area contributed by atoms with Crippen molar-refractivity contribution in [3.8, 4) is 5.75 Å². The Hall–Kier alpha value is -4.26. The summed E-state index contributed by atoms with van der Waals surface area (Å²) in [6, 6.07) is 21.9. The Morgan fingerprint density at radius 1 is 0.897 bits per heavy atom. The van der Waals surface area contributed by atoms with Gasteiger partial charge in [-0.3, -0.25) is 4.79 Å². The van der Waals surface area contributed by atoms with Gasteiger partial charge in [0.25, 0.3) is 5.91 Å². The van der Waals surface area contributed by atoms with Crippen LogP contribution in [0.5, 0.6) is 5.75 Å². The van der Waals surface area contributed by atoms with Crippen LogP contribution < -0.4 is 5.48 Å². The molecule has 7 heteroatoms. The normalized spacial score (nSPS) is 10.9. The summed E-state index contributed by atoms with van der Waals surface area (Å²) in [5, 5.41) is 17.1. The fourth-order valence-electron chi connectivity index (χ4n) is 2.28. The molecule has 1 amide bonds. The van der Waals surface area contributed by atoms with Crippen molar-refractivity contribution in [3.63, 3.8) is 0 Å². The minimum absolute atomic E-state index is 0.0741. The molecule has 0 unspecified atom stereocenters. The first-order chi connectivity index (χ1) is 14.1. The lowest BCUT2D eigenvalue weighted by molar-refractivity contribution is -0.134. The molecular weight excluding hydrogens is 370 g/mol. The minimum Gasteiger partial charge on any atom is -0.507 e. The summed E-state index contributed by atoms with van der Waals surface area (Å²) >= 11 is 0. The van der Waals surface area contributed by atoms with Gasteiger partial charge in [0.2, 0.25) is 0 Å². The van der Waals surface area contributed by atoms with E-state index in [9.17, 15) is 14.7 Å². The first-order valence-corrected chi connectivity index (χ1v) is 8.66. The number of hydrogen-bond donors (Lipinski definition) is 2. The molecule has 144 valence electrons. The zero-order chi connectivity index (χ0) is 20.5. The number of nitrogens with zero attached hydrogens (tertiary/aromatic N) is 2. The average Bonchev–Trinajstić information content (AvgIpc) is 2.76. The molecule has 0 atom stereocenters. The number of para-hydroxylation sites is 1. The van der Waals surface area contributed by atoms with Crippen molar-refractivity contribution in [1.82, 2.24) is 0 Å².